The second-order valence-corrected chi connectivity index (χ2v) is 12.8. The number of aryl methyl sites for hydroxylation is 2. The number of pyridine rings is 1. The van der Waals surface area contributed by atoms with E-state index in [1.807, 2.05) is 26.0 Å². The van der Waals surface area contributed by atoms with Crippen LogP contribution in [0.1, 0.15) is 70.7 Å². The molecule has 2 aromatic carbocycles. The number of nitrogens with one attached hydrogen (secondary N) is 1. The number of aromatic amines is 1. The summed E-state index contributed by atoms with van der Waals surface area (Å²) in [5.41, 5.74) is 8.06. The molecule has 0 radical (unpaired) electrons. The summed E-state index contributed by atoms with van der Waals surface area (Å²) >= 11 is 0. The van der Waals surface area contributed by atoms with Gasteiger partial charge >= 0.3 is 0 Å². The fourth-order valence-corrected chi connectivity index (χ4v) is 7.50. The number of para-hydroxylation sites is 1. The van der Waals surface area contributed by atoms with Gasteiger partial charge in [-0.25, -0.2) is 0 Å². The standard InChI is InChI=1S/C37H46N4O3/c1-25-23-26(2)38-37(43)32(25)13-14-35(42)36-28(4)41(34-8-6-5-7-33(34)36)27(3)30-15-17-40(18-16-30)31-11-9-29(10-12-31)24-39-19-21-44-22-20-39/h5-12,23,27,30H,13-22,24H2,1-4H3,(H,38,43)/t27-/m1/s1. The van der Waals surface area contributed by atoms with Gasteiger partial charge in [-0.2, -0.15) is 0 Å². The average Bonchev–Trinajstić information content (AvgIpc) is 3.32. The number of morpholine rings is 1. The van der Waals surface area contributed by atoms with E-state index in [0.29, 0.717) is 24.3 Å². The van der Waals surface area contributed by atoms with Crippen LogP contribution in [0.3, 0.4) is 0 Å². The van der Waals surface area contributed by atoms with Gasteiger partial charge in [0.2, 0.25) is 0 Å². The summed E-state index contributed by atoms with van der Waals surface area (Å²) in [6.07, 6.45) is 2.99. The molecule has 44 heavy (non-hydrogen) atoms. The summed E-state index contributed by atoms with van der Waals surface area (Å²) in [6, 6.07) is 19.7. The lowest BCUT2D eigenvalue weighted by atomic mass is 9.89. The zero-order valence-electron chi connectivity index (χ0n) is 26.7. The number of carbonyl (C=O) groups is 1. The van der Waals surface area contributed by atoms with Gasteiger partial charge in [-0.15, -0.1) is 0 Å². The minimum absolute atomic E-state index is 0.0849. The molecule has 1 N–H and O–H groups in total. The largest absolute Gasteiger partial charge is 0.379 e. The van der Waals surface area contributed by atoms with Crippen molar-refractivity contribution in [2.75, 3.05) is 44.3 Å². The molecule has 4 aromatic rings. The Morgan fingerprint density at radius 1 is 0.977 bits per heavy atom. The number of benzene rings is 2. The van der Waals surface area contributed by atoms with Crippen LogP contribution in [0, 0.1) is 26.7 Å². The van der Waals surface area contributed by atoms with Crippen LogP contribution < -0.4 is 10.5 Å². The maximum Gasteiger partial charge on any atom is 0.251 e. The first-order valence-electron chi connectivity index (χ1n) is 16.3. The van der Waals surface area contributed by atoms with Gasteiger partial charge in [0.1, 0.15) is 0 Å². The van der Waals surface area contributed by atoms with E-state index in [9.17, 15) is 9.59 Å². The second-order valence-electron chi connectivity index (χ2n) is 12.8. The molecule has 7 nitrogen and oxygen atoms in total. The van der Waals surface area contributed by atoms with Crippen LogP contribution in [0.4, 0.5) is 5.69 Å². The lowest BCUT2D eigenvalue weighted by molar-refractivity contribution is 0.0342. The summed E-state index contributed by atoms with van der Waals surface area (Å²) in [4.78, 5) is 34.2. The number of hydrogen-bond donors (Lipinski definition) is 1. The van der Waals surface area contributed by atoms with E-state index in [1.54, 1.807) is 0 Å². The molecule has 4 heterocycles. The normalized spacial score (nSPS) is 17.3. The fraction of sp³-hybridized carbons (Fsp3) is 0.459. The van der Waals surface area contributed by atoms with E-state index in [-0.39, 0.29) is 17.4 Å². The molecule has 0 aliphatic carbocycles. The van der Waals surface area contributed by atoms with Crippen molar-refractivity contribution in [1.82, 2.24) is 14.5 Å². The summed E-state index contributed by atoms with van der Waals surface area (Å²) < 4.78 is 7.90. The first kappa shape index (κ1) is 30.4. The maximum atomic E-state index is 13.7. The predicted octanol–water partition coefficient (Wildman–Crippen LogP) is 6.38. The van der Waals surface area contributed by atoms with E-state index < -0.39 is 0 Å². The van der Waals surface area contributed by atoms with Crippen molar-refractivity contribution in [3.05, 3.63) is 98.6 Å². The first-order chi connectivity index (χ1) is 21.3. The molecule has 232 valence electrons. The zero-order chi connectivity index (χ0) is 30.8. The number of aromatic nitrogens is 2. The quantitative estimate of drug-likeness (QED) is 0.228. The van der Waals surface area contributed by atoms with E-state index >= 15 is 0 Å². The molecule has 0 bridgehead atoms. The number of carbonyl (C=O) groups excluding carboxylic acids is 1. The van der Waals surface area contributed by atoms with E-state index in [4.69, 9.17) is 4.74 Å². The highest BCUT2D eigenvalue weighted by Gasteiger charge is 2.29. The van der Waals surface area contributed by atoms with Crippen molar-refractivity contribution in [2.45, 2.75) is 66.0 Å². The molecule has 1 atom stereocenters. The Hall–Kier alpha value is -3.68. The summed E-state index contributed by atoms with van der Waals surface area (Å²) in [5.74, 6) is 0.633. The molecular weight excluding hydrogens is 548 g/mol. The molecule has 2 aliphatic rings. The SMILES string of the molecule is Cc1cc(C)c(CCC(=O)c2c(C)n([C@H](C)C3CCN(c4ccc(CN5CCOCC5)cc4)CC3)c3ccccc23)c(=O)[nH]1. The van der Waals surface area contributed by atoms with Gasteiger partial charge in [-0.05, 0) is 88.3 Å². The van der Waals surface area contributed by atoms with Crippen molar-refractivity contribution < 1.29 is 9.53 Å². The number of fused-ring (bicyclic) bond motifs is 1. The van der Waals surface area contributed by atoms with Crippen LogP contribution in [0.15, 0.2) is 59.4 Å². The Kier molecular flexibility index (Phi) is 9.06. The van der Waals surface area contributed by atoms with Crippen molar-refractivity contribution in [3.8, 4) is 0 Å². The Morgan fingerprint density at radius 3 is 2.39 bits per heavy atom. The predicted molar refractivity (Wildman–Crippen MR) is 178 cm³/mol. The van der Waals surface area contributed by atoms with Crippen LogP contribution in [-0.4, -0.2) is 59.6 Å². The van der Waals surface area contributed by atoms with Gasteiger partial charge in [0.05, 0.1) is 13.2 Å². The Balaban J connectivity index is 1.14. The van der Waals surface area contributed by atoms with Crippen molar-refractivity contribution in [3.63, 3.8) is 0 Å². The highest BCUT2D eigenvalue weighted by atomic mass is 16.5. The number of Topliss-reactive ketones (excluding diaryl/α,β-unsaturated/α-hetero) is 1. The first-order valence-corrected chi connectivity index (χ1v) is 16.3. The number of piperidine rings is 1. The number of anilines is 1. The molecule has 0 saturated carbocycles. The van der Waals surface area contributed by atoms with Gasteiger partial charge < -0.3 is 19.2 Å². The number of nitrogens with zero attached hydrogens (tertiary/aromatic N) is 3. The van der Waals surface area contributed by atoms with E-state index in [2.05, 4.69) is 75.7 Å². The molecule has 2 fully saturated rings. The third-order valence-corrected chi connectivity index (χ3v) is 9.97. The molecular formula is C37H46N4O3. The van der Waals surface area contributed by atoms with Gasteiger partial charge in [0, 0.05) is 84.3 Å². The lowest BCUT2D eigenvalue weighted by Gasteiger charge is -2.37. The van der Waals surface area contributed by atoms with Crippen molar-refractivity contribution in [1.29, 1.82) is 0 Å². The van der Waals surface area contributed by atoms with Crippen LogP contribution in [0.5, 0.6) is 0 Å². The molecule has 2 saturated heterocycles. The number of rotatable bonds is 9. The van der Waals surface area contributed by atoms with Crippen LogP contribution >= 0.6 is 0 Å². The van der Waals surface area contributed by atoms with Gasteiger partial charge in [0.25, 0.3) is 5.56 Å². The topological polar surface area (TPSA) is 70.6 Å². The van der Waals surface area contributed by atoms with Crippen LogP contribution in [0.2, 0.25) is 0 Å². The monoisotopic (exact) mass is 594 g/mol. The summed E-state index contributed by atoms with van der Waals surface area (Å²) in [7, 11) is 0. The van der Waals surface area contributed by atoms with Gasteiger partial charge in [-0.3, -0.25) is 14.5 Å². The van der Waals surface area contributed by atoms with E-state index in [1.165, 1.54) is 11.3 Å². The minimum atomic E-state index is -0.0849. The van der Waals surface area contributed by atoms with Gasteiger partial charge in [-0.1, -0.05) is 30.3 Å². The molecule has 2 aliphatic heterocycles. The molecule has 2 aromatic heterocycles. The zero-order valence-corrected chi connectivity index (χ0v) is 26.7. The summed E-state index contributed by atoms with van der Waals surface area (Å²) in [5, 5.41) is 1.02. The molecule has 7 heteroatoms. The smallest absolute Gasteiger partial charge is 0.251 e. The molecule has 0 unspecified atom stereocenters. The number of H-pyrrole nitrogens is 1. The third-order valence-electron chi connectivity index (χ3n) is 9.97. The van der Waals surface area contributed by atoms with E-state index in [0.717, 1.165) is 92.2 Å². The highest BCUT2D eigenvalue weighted by Crippen LogP contribution is 2.37. The molecule has 6 rings (SSSR count). The average molecular weight is 595 g/mol. The number of ether oxygens (including phenoxy) is 1. The number of hydrogen-bond acceptors (Lipinski definition) is 5. The van der Waals surface area contributed by atoms with Crippen molar-refractivity contribution >= 4 is 22.4 Å². The Bertz CT molecular complexity index is 1670. The maximum absolute atomic E-state index is 13.7. The lowest BCUT2D eigenvalue weighted by Crippen LogP contribution is -2.36. The molecule has 0 spiro atoms. The van der Waals surface area contributed by atoms with Crippen molar-refractivity contribution in [2.24, 2.45) is 5.92 Å². The Labute approximate surface area is 260 Å². The number of ketones is 1. The van der Waals surface area contributed by atoms with Crippen LogP contribution in [-0.2, 0) is 17.7 Å². The summed E-state index contributed by atoms with van der Waals surface area (Å²) in [6.45, 7) is 15.0. The minimum Gasteiger partial charge on any atom is -0.379 e. The fourth-order valence-electron chi connectivity index (χ4n) is 7.50. The second kappa shape index (κ2) is 13.1. The third kappa shape index (κ3) is 6.26. The van der Waals surface area contributed by atoms with Crippen LogP contribution in [0.25, 0.3) is 10.9 Å². The van der Waals surface area contributed by atoms with Gasteiger partial charge in [0.15, 0.2) is 5.78 Å². The highest BCUT2D eigenvalue weighted by molar-refractivity contribution is 6.09. The molecule has 0 amide bonds. The Morgan fingerprint density at radius 2 is 1.68 bits per heavy atom.